The van der Waals surface area contributed by atoms with Crippen molar-refractivity contribution in [2.24, 2.45) is 5.41 Å². The summed E-state index contributed by atoms with van der Waals surface area (Å²) < 4.78 is 13.8. The van der Waals surface area contributed by atoms with E-state index in [1.54, 1.807) is 0 Å². The third-order valence-corrected chi connectivity index (χ3v) is 4.16. The van der Waals surface area contributed by atoms with Gasteiger partial charge in [0.15, 0.2) is 0 Å². The van der Waals surface area contributed by atoms with E-state index in [1.165, 1.54) is 0 Å². The lowest BCUT2D eigenvalue weighted by Gasteiger charge is -2.33. The van der Waals surface area contributed by atoms with Crippen LogP contribution >= 0.6 is 8.53 Å². The summed E-state index contributed by atoms with van der Waals surface area (Å²) >= 11 is 0. The second-order valence-corrected chi connectivity index (χ2v) is 7.35. The molecule has 3 nitrogen and oxygen atoms in total. The van der Waals surface area contributed by atoms with Gasteiger partial charge in [0.25, 0.3) is 0 Å². The summed E-state index contributed by atoms with van der Waals surface area (Å²) in [6, 6.07) is 0. The van der Waals surface area contributed by atoms with Crippen molar-refractivity contribution in [1.82, 2.24) is 4.67 Å². The van der Waals surface area contributed by atoms with E-state index in [2.05, 4.69) is 52.4 Å². The van der Waals surface area contributed by atoms with Gasteiger partial charge in [-0.25, -0.2) is 0 Å². The molecular weight excluding hydrogens is 221 g/mol. The molecule has 0 saturated carbocycles. The molecule has 0 aromatic rings. The summed E-state index contributed by atoms with van der Waals surface area (Å²) in [7, 11) is -0.960. The fourth-order valence-electron chi connectivity index (χ4n) is 1.28. The lowest BCUT2D eigenvalue weighted by Crippen LogP contribution is -2.32. The molecule has 0 spiro atoms. The van der Waals surface area contributed by atoms with Crippen molar-refractivity contribution < 1.29 is 9.05 Å². The molecule has 0 amide bonds. The predicted molar refractivity (Wildman–Crippen MR) is 68.8 cm³/mol. The maximum Gasteiger partial charge on any atom is 0.352 e. The van der Waals surface area contributed by atoms with Crippen molar-refractivity contribution in [3.8, 4) is 0 Å². The smallest absolute Gasteiger partial charge is 0.352 e. The molecule has 16 heavy (non-hydrogen) atoms. The normalized spacial score (nSPS) is 22.1. The van der Waals surface area contributed by atoms with Crippen LogP contribution in [0, 0.1) is 5.41 Å². The molecule has 1 aliphatic rings. The fraction of sp³-hybridized carbons (Fsp3) is 0.833. The Kier molecular flexibility index (Phi) is 3.91. The molecule has 1 rings (SSSR count). The Labute approximate surface area is 101 Å². The van der Waals surface area contributed by atoms with Gasteiger partial charge in [0.05, 0.1) is 6.61 Å². The minimum absolute atomic E-state index is 0.0356. The second-order valence-electron chi connectivity index (χ2n) is 6.01. The van der Waals surface area contributed by atoms with Crippen molar-refractivity contribution in [2.45, 2.75) is 54.0 Å². The van der Waals surface area contributed by atoms with E-state index in [0.717, 1.165) is 5.76 Å². The highest BCUT2D eigenvalue weighted by molar-refractivity contribution is 7.45. The van der Waals surface area contributed by atoms with Crippen molar-refractivity contribution >= 4 is 8.53 Å². The van der Waals surface area contributed by atoms with Crippen LogP contribution in [0.3, 0.4) is 0 Å². The molecule has 1 heterocycles. The number of rotatable bonds is 2. The first-order valence-corrected chi connectivity index (χ1v) is 6.92. The van der Waals surface area contributed by atoms with E-state index in [1.807, 2.05) is 6.92 Å². The van der Waals surface area contributed by atoms with Crippen LogP contribution in [0.15, 0.2) is 12.0 Å². The molecule has 0 saturated heterocycles. The molecule has 0 fully saturated rings. The first-order valence-electron chi connectivity index (χ1n) is 5.79. The van der Waals surface area contributed by atoms with Crippen LogP contribution in [-0.4, -0.2) is 16.8 Å². The Hall–Kier alpha value is -0.270. The quantitative estimate of drug-likeness (QED) is 0.678. The van der Waals surface area contributed by atoms with E-state index >= 15 is 0 Å². The van der Waals surface area contributed by atoms with E-state index in [-0.39, 0.29) is 11.0 Å². The zero-order valence-electron chi connectivity index (χ0n) is 11.5. The van der Waals surface area contributed by atoms with Crippen LogP contribution in [0.2, 0.25) is 0 Å². The Balaban J connectivity index is 2.89. The molecular formula is C12H24NO2P. The average Bonchev–Trinajstić information content (AvgIpc) is 2.46. The summed E-state index contributed by atoms with van der Waals surface area (Å²) in [6.45, 7) is 15.7. The molecule has 4 heteroatoms. The Morgan fingerprint density at radius 3 is 2.19 bits per heavy atom. The summed E-state index contributed by atoms with van der Waals surface area (Å²) in [6.07, 6.45) is 2.11. The topological polar surface area (TPSA) is 21.7 Å². The monoisotopic (exact) mass is 245 g/mol. The lowest BCUT2D eigenvalue weighted by molar-refractivity contribution is 0.231. The highest BCUT2D eigenvalue weighted by Gasteiger charge is 2.39. The standard InChI is InChI=1S/C12H24NO2P/c1-8-14-16-13(12(5,6)7)9-10(15-16)11(2,3)4/h9H,8H2,1-7H3. The van der Waals surface area contributed by atoms with Gasteiger partial charge in [0.2, 0.25) is 0 Å². The van der Waals surface area contributed by atoms with Gasteiger partial charge in [-0.15, -0.1) is 0 Å². The largest absolute Gasteiger partial charge is 0.434 e. The summed E-state index contributed by atoms with van der Waals surface area (Å²) in [5.74, 6) is 1.02. The minimum Gasteiger partial charge on any atom is -0.434 e. The van der Waals surface area contributed by atoms with Gasteiger partial charge in [0.1, 0.15) is 5.76 Å². The molecule has 0 aliphatic carbocycles. The highest BCUT2D eigenvalue weighted by Crippen LogP contribution is 2.56. The van der Waals surface area contributed by atoms with E-state index in [9.17, 15) is 0 Å². The van der Waals surface area contributed by atoms with Crippen molar-refractivity contribution in [3.63, 3.8) is 0 Å². The van der Waals surface area contributed by atoms with Gasteiger partial charge in [0, 0.05) is 17.2 Å². The zero-order valence-corrected chi connectivity index (χ0v) is 12.4. The van der Waals surface area contributed by atoms with Crippen LogP contribution < -0.4 is 0 Å². The summed E-state index contributed by atoms with van der Waals surface area (Å²) in [5, 5.41) is 0. The van der Waals surface area contributed by atoms with Crippen LogP contribution in [-0.2, 0) is 9.05 Å². The fourth-order valence-corrected chi connectivity index (χ4v) is 2.94. The van der Waals surface area contributed by atoms with Gasteiger partial charge in [-0.05, 0) is 27.7 Å². The van der Waals surface area contributed by atoms with Gasteiger partial charge in [-0.3, -0.25) is 4.67 Å². The molecule has 0 aromatic carbocycles. The lowest BCUT2D eigenvalue weighted by atomic mass is 9.94. The minimum atomic E-state index is -0.960. The average molecular weight is 245 g/mol. The predicted octanol–water partition coefficient (Wildman–Crippen LogP) is 4.27. The number of hydrogen-bond acceptors (Lipinski definition) is 3. The molecule has 0 radical (unpaired) electrons. The Morgan fingerprint density at radius 1 is 1.25 bits per heavy atom. The van der Waals surface area contributed by atoms with E-state index in [0.29, 0.717) is 6.61 Å². The van der Waals surface area contributed by atoms with Gasteiger partial charge < -0.3 is 9.05 Å². The van der Waals surface area contributed by atoms with Crippen molar-refractivity contribution in [1.29, 1.82) is 0 Å². The highest BCUT2D eigenvalue weighted by atomic mass is 31.2. The van der Waals surface area contributed by atoms with Crippen molar-refractivity contribution in [2.75, 3.05) is 6.61 Å². The Morgan fingerprint density at radius 2 is 1.81 bits per heavy atom. The van der Waals surface area contributed by atoms with Crippen LogP contribution in [0.4, 0.5) is 0 Å². The van der Waals surface area contributed by atoms with Crippen LogP contribution in [0.1, 0.15) is 48.5 Å². The molecule has 0 aromatic heterocycles. The van der Waals surface area contributed by atoms with Gasteiger partial charge >= 0.3 is 8.53 Å². The van der Waals surface area contributed by atoms with Crippen LogP contribution in [0.5, 0.6) is 0 Å². The van der Waals surface area contributed by atoms with Crippen molar-refractivity contribution in [3.05, 3.63) is 12.0 Å². The number of hydrogen-bond donors (Lipinski definition) is 0. The first-order chi connectivity index (χ1) is 7.16. The zero-order chi connectivity index (χ0) is 12.6. The van der Waals surface area contributed by atoms with E-state index in [4.69, 9.17) is 9.05 Å². The number of allylic oxidation sites excluding steroid dienone is 1. The molecule has 0 bridgehead atoms. The van der Waals surface area contributed by atoms with Gasteiger partial charge in [-0.2, -0.15) is 0 Å². The third kappa shape index (κ3) is 3.11. The summed E-state index contributed by atoms with van der Waals surface area (Å²) in [4.78, 5) is 0. The second kappa shape index (κ2) is 4.54. The molecule has 1 atom stereocenters. The maximum atomic E-state index is 5.94. The maximum absolute atomic E-state index is 5.94. The first kappa shape index (κ1) is 13.8. The summed E-state index contributed by atoms with van der Waals surface area (Å²) in [5.41, 5.74) is 0.0750. The van der Waals surface area contributed by atoms with E-state index < -0.39 is 8.53 Å². The van der Waals surface area contributed by atoms with Gasteiger partial charge in [-0.1, -0.05) is 20.8 Å². The number of nitrogens with zero attached hydrogens (tertiary/aromatic N) is 1. The third-order valence-electron chi connectivity index (χ3n) is 2.26. The molecule has 94 valence electrons. The molecule has 1 unspecified atom stereocenters. The SMILES string of the molecule is CCOP1OC(C(C)(C)C)=CN1C(C)(C)C. The molecule has 1 aliphatic heterocycles. The Bertz CT molecular complexity index is 276. The molecule has 0 N–H and O–H groups in total. The van der Waals surface area contributed by atoms with Crippen LogP contribution in [0.25, 0.3) is 0 Å².